The van der Waals surface area contributed by atoms with Gasteiger partial charge in [0.05, 0.1) is 0 Å². The zero-order chi connectivity index (χ0) is 14.7. The van der Waals surface area contributed by atoms with E-state index in [4.69, 9.17) is 0 Å². The lowest BCUT2D eigenvalue weighted by Gasteiger charge is -2.13. The number of likely N-dealkylation sites (N-methyl/N-ethyl adjacent to an activating group) is 1. The van der Waals surface area contributed by atoms with Gasteiger partial charge in [-0.3, -0.25) is 9.59 Å². The van der Waals surface area contributed by atoms with Crippen molar-refractivity contribution < 1.29 is 9.59 Å². The molecule has 4 nitrogen and oxygen atoms in total. The maximum atomic E-state index is 12.1. The lowest BCUT2D eigenvalue weighted by Crippen LogP contribution is -2.45. The van der Waals surface area contributed by atoms with E-state index in [1.807, 2.05) is 31.2 Å². The van der Waals surface area contributed by atoms with Crippen LogP contribution in [0.2, 0.25) is 0 Å². The second kappa shape index (κ2) is 6.39. The summed E-state index contributed by atoms with van der Waals surface area (Å²) in [7, 11) is 0. The third-order valence-electron chi connectivity index (χ3n) is 3.51. The molecular weight excluding hydrogens is 320 g/mol. The molecular formula is C15H19BrN2O2. The maximum absolute atomic E-state index is 12.1. The van der Waals surface area contributed by atoms with Gasteiger partial charge in [0, 0.05) is 16.9 Å². The molecule has 0 unspecified atom stereocenters. The number of carbonyl (C=O) groups is 2. The number of hydrogen-bond acceptors (Lipinski definition) is 2. The number of halogens is 1. The van der Waals surface area contributed by atoms with Crippen molar-refractivity contribution in [3.63, 3.8) is 0 Å². The van der Waals surface area contributed by atoms with Crippen LogP contribution in [0.1, 0.15) is 31.7 Å². The molecule has 0 bridgehead atoms. The third-order valence-corrected chi connectivity index (χ3v) is 4.00. The summed E-state index contributed by atoms with van der Waals surface area (Å²) < 4.78 is 1.02. The molecule has 1 aromatic rings. The fourth-order valence-electron chi connectivity index (χ4n) is 2.30. The van der Waals surface area contributed by atoms with E-state index < -0.39 is 6.04 Å². The van der Waals surface area contributed by atoms with Crippen molar-refractivity contribution in [1.82, 2.24) is 10.6 Å². The normalized spacial score (nSPS) is 21.9. The molecule has 0 saturated heterocycles. The Morgan fingerprint density at radius 3 is 2.85 bits per heavy atom. The number of amides is 2. The Morgan fingerprint density at radius 2 is 2.20 bits per heavy atom. The minimum atomic E-state index is -0.480. The van der Waals surface area contributed by atoms with Gasteiger partial charge in [0.15, 0.2) is 0 Å². The molecule has 0 spiro atoms. The smallest absolute Gasteiger partial charge is 0.242 e. The lowest BCUT2D eigenvalue weighted by atomic mass is 10.1. The fourth-order valence-corrected chi connectivity index (χ4v) is 2.72. The van der Waals surface area contributed by atoms with Gasteiger partial charge in [-0.05, 0) is 43.9 Å². The number of carbonyl (C=O) groups excluding carboxylic acids is 2. The van der Waals surface area contributed by atoms with E-state index in [0.717, 1.165) is 10.9 Å². The molecule has 1 fully saturated rings. The molecule has 0 radical (unpaired) electrons. The zero-order valence-corrected chi connectivity index (χ0v) is 13.2. The van der Waals surface area contributed by atoms with Gasteiger partial charge in [-0.25, -0.2) is 0 Å². The highest BCUT2D eigenvalue weighted by Gasteiger charge is 2.44. The highest BCUT2D eigenvalue weighted by molar-refractivity contribution is 9.10. The molecule has 2 N–H and O–H groups in total. The molecule has 5 heteroatoms. The van der Waals surface area contributed by atoms with E-state index in [-0.39, 0.29) is 23.7 Å². The van der Waals surface area contributed by atoms with Crippen LogP contribution >= 0.6 is 15.9 Å². The first-order chi connectivity index (χ1) is 9.52. The highest BCUT2D eigenvalue weighted by atomic mass is 79.9. The van der Waals surface area contributed by atoms with Gasteiger partial charge in [0.25, 0.3) is 0 Å². The van der Waals surface area contributed by atoms with Crippen molar-refractivity contribution in [2.45, 2.75) is 32.2 Å². The predicted octanol–water partition coefficient (Wildman–Crippen LogP) is 2.19. The Hall–Kier alpha value is -1.36. The summed E-state index contributed by atoms with van der Waals surface area (Å²) in [6.45, 7) is 4.14. The minimum absolute atomic E-state index is 0.0128. The van der Waals surface area contributed by atoms with Crippen LogP contribution < -0.4 is 10.6 Å². The first-order valence-electron chi connectivity index (χ1n) is 6.86. The van der Waals surface area contributed by atoms with Crippen molar-refractivity contribution in [2.24, 2.45) is 5.92 Å². The molecule has 1 aromatic carbocycles. The first kappa shape index (κ1) is 15.0. The summed E-state index contributed by atoms with van der Waals surface area (Å²) in [5, 5.41) is 5.48. The van der Waals surface area contributed by atoms with Crippen LogP contribution in [-0.4, -0.2) is 24.4 Å². The van der Waals surface area contributed by atoms with Crippen LogP contribution in [0.3, 0.4) is 0 Å². The van der Waals surface area contributed by atoms with E-state index in [9.17, 15) is 9.59 Å². The van der Waals surface area contributed by atoms with Gasteiger partial charge >= 0.3 is 0 Å². The molecule has 3 atom stereocenters. The molecule has 2 rings (SSSR count). The van der Waals surface area contributed by atoms with E-state index in [2.05, 4.69) is 26.6 Å². The maximum Gasteiger partial charge on any atom is 0.242 e. The first-order valence-corrected chi connectivity index (χ1v) is 7.65. The molecule has 2 amide bonds. The van der Waals surface area contributed by atoms with E-state index in [1.165, 1.54) is 5.56 Å². The van der Waals surface area contributed by atoms with Crippen LogP contribution in [0.25, 0.3) is 0 Å². The molecule has 1 saturated carbocycles. The van der Waals surface area contributed by atoms with Crippen LogP contribution in [0.4, 0.5) is 0 Å². The van der Waals surface area contributed by atoms with Crippen molar-refractivity contribution in [2.75, 3.05) is 6.54 Å². The van der Waals surface area contributed by atoms with Crippen LogP contribution in [-0.2, 0) is 9.59 Å². The SMILES string of the molecule is CCNC(=O)[C@H](C)NC(=O)[C@H]1C[C@H]1c1cccc(Br)c1. The van der Waals surface area contributed by atoms with Crippen LogP contribution in [0.5, 0.6) is 0 Å². The minimum Gasteiger partial charge on any atom is -0.355 e. The number of nitrogens with one attached hydrogen (secondary N) is 2. The van der Waals surface area contributed by atoms with Gasteiger partial charge in [0.2, 0.25) is 11.8 Å². The monoisotopic (exact) mass is 338 g/mol. The van der Waals surface area contributed by atoms with Crippen LogP contribution in [0.15, 0.2) is 28.7 Å². The van der Waals surface area contributed by atoms with Crippen LogP contribution in [0, 0.1) is 5.92 Å². The van der Waals surface area contributed by atoms with Gasteiger partial charge in [0.1, 0.15) is 6.04 Å². The van der Waals surface area contributed by atoms with Gasteiger partial charge in [-0.15, -0.1) is 0 Å². The quantitative estimate of drug-likeness (QED) is 0.864. The van der Waals surface area contributed by atoms with Gasteiger partial charge < -0.3 is 10.6 Å². The summed E-state index contributed by atoms with van der Waals surface area (Å²) in [6.07, 6.45) is 0.852. The zero-order valence-electron chi connectivity index (χ0n) is 11.7. The summed E-state index contributed by atoms with van der Waals surface area (Å²) >= 11 is 3.44. The third kappa shape index (κ3) is 3.60. The molecule has 0 aliphatic heterocycles. The average Bonchev–Trinajstić information content (AvgIpc) is 3.19. The lowest BCUT2D eigenvalue weighted by molar-refractivity contribution is -0.129. The summed E-state index contributed by atoms with van der Waals surface area (Å²) in [4.78, 5) is 23.7. The molecule has 1 aliphatic carbocycles. The van der Waals surface area contributed by atoms with Crippen molar-refractivity contribution in [3.8, 4) is 0 Å². The van der Waals surface area contributed by atoms with Crippen molar-refractivity contribution in [3.05, 3.63) is 34.3 Å². The number of rotatable bonds is 5. The molecule has 1 aliphatic rings. The van der Waals surface area contributed by atoms with Crippen molar-refractivity contribution in [1.29, 1.82) is 0 Å². The summed E-state index contributed by atoms with van der Waals surface area (Å²) in [5.74, 6) is 0.0874. The molecule has 0 heterocycles. The topological polar surface area (TPSA) is 58.2 Å². The number of hydrogen-bond donors (Lipinski definition) is 2. The Balaban J connectivity index is 1.88. The summed E-state index contributed by atoms with van der Waals surface area (Å²) in [5.41, 5.74) is 1.17. The molecule has 0 aromatic heterocycles. The summed E-state index contributed by atoms with van der Waals surface area (Å²) in [6, 6.07) is 7.55. The van der Waals surface area contributed by atoms with E-state index >= 15 is 0 Å². The van der Waals surface area contributed by atoms with E-state index in [1.54, 1.807) is 6.92 Å². The predicted molar refractivity (Wildman–Crippen MR) is 81.3 cm³/mol. The molecule has 20 heavy (non-hydrogen) atoms. The number of benzene rings is 1. The fraction of sp³-hybridized carbons (Fsp3) is 0.467. The van der Waals surface area contributed by atoms with Crippen molar-refractivity contribution >= 4 is 27.7 Å². The Morgan fingerprint density at radius 1 is 1.45 bits per heavy atom. The van der Waals surface area contributed by atoms with Gasteiger partial charge in [-0.1, -0.05) is 28.1 Å². The Kier molecular flexibility index (Phi) is 4.81. The van der Waals surface area contributed by atoms with Gasteiger partial charge in [-0.2, -0.15) is 0 Å². The largest absolute Gasteiger partial charge is 0.355 e. The standard InChI is InChI=1S/C15H19BrN2O2/c1-3-17-14(19)9(2)18-15(20)13-8-12(13)10-5-4-6-11(16)7-10/h4-7,9,12-13H,3,8H2,1-2H3,(H,17,19)(H,18,20)/t9-,12-,13-/m0/s1. The second-order valence-electron chi connectivity index (χ2n) is 5.13. The van der Waals surface area contributed by atoms with E-state index in [0.29, 0.717) is 6.54 Å². The highest BCUT2D eigenvalue weighted by Crippen LogP contribution is 2.47. The average molecular weight is 339 g/mol. The molecule has 108 valence electrons. The second-order valence-corrected chi connectivity index (χ2v) is 6.04. The Bertz CT molecular complexity index is 518. The Labute approximate surface area is 127 Å².